The Morgan fingerprint density at radius 3 is 2.60 bits per heavy atom. The average Bonchev–Trinajstić information content (AvgIpc) is 3.16. The lowest BCUT2D eigenvalue weighted by atomic mass is 10.0. The summed E-state index contributed by atoms with van der Waals surface area (Å²) < 4.78 is 50.8. The van der Waals surface area contributed by atoms with Gasteiger partial charge in [0.05, 0.1) is 5.56 Å². The summed E-state index contributed by atoms with van der Waals surface area (Å²) in [5.74, 6) is -1.22. The van der Waals surface area contributed by atoms with Crippen LogP contribution >= 0.6 is 0 Å². The van der Waals surface area contributed by atoms with E-state index in [0.717, 1.165) is 30.7 Å². The van der Waals surface area contributed by atoms with Crippen LogP contribution in [0.3, 0.4) is 0 Å². The minimum atomic E-state index is -4.64. The quantitative estimate of drug-likeness (QED) is 0.625. The Morgan fingerprint density at radius 2 is 2.05 bits per heavy atom. The Bertz CT molecular complexity index is 501. The van der Waals surface area contributed by atoms with Gasteiger partial charge in [-0.3, -0.25) is 0 Å². The molecule has 1 fully saturated rings. The van der Waals surface area contributed by atoms with Crippen molar-refractivity contribution in [3.63, 3.8) is 0 Å². The SMILES string of the molecule is C/C(=C/CCNC1CC1)c1ccc(C(F)(F)F)c(F)c1. The van der Waals surface area contributed by atoms with Crippen LogP contribution < -0.4 is 5.32 Å². The monoisotopic (exact) mass is 287 g/mol. The maximum atomic E-state index is 13.4. The molecule has 0 aromatic heterocycles. The zero-order chi connectivity index (χ0) is 14.8. The summed E-state index contributed by atoms with van der Waals surface area (Å²) in [6.45, 7) is 2.62. The Labute approximate surface area is 115 Å². The molecule has 20 heavy (non-hydrogen) atoms. The van der Waals surface area contributed by atoms with E-state index in [2.05, 4.69) is 5.32 Å². The third kappa shape index (κ3) is 4.07. The fourth-order valence-electron chi connectivity index (χ4n) is 1.97. The lowest BCUT2D eigenvalue weighted by molar-refractivity contribution is -0.140. The molecular weight excluding hydrogens is 270 g/mol. The Kier molecular flexibility index (Phi) is 4.48. The zero-order valence-corrected chi connectivity index (χ0v) is 11.2. The van der Waals surface area contributed by atoms with Gasteiger partial charge >= 0.3 is 6.18 Å². The first-order chi connectivity index (χ1) is 9.38. The molecule has 0 radical (unpaired) electrons. The predicted molar refractivity (Wildman–Crippen MR) is 70.7 cm³/mol. The number of allylic oxidation sites excluding steroid dienone is 1. The number of nitrogens with one attached hydrogen (secondary N) is 1. The van der Waals surface area contributed by atoms with Crippen LogP contribution in [-0.2, 0) is 6.18 Å². The van der Waals surface area contributed by atoms with Crippen molar-refractivity contribution in [1.82, 2.24) is 5.32 Å². The van der Waals surface area contributed by atoms with E-state index in [1.54, 1.807) is 6.92 Å². The Hall–Kier alpha value is -1.36. The highest BCUT2D eigenvalue weighted by molar-refractivity contribution is 5.64. The summed E-state index contributed by atoms with van der Waals surface area (Å²) in [5.41, 5.74) is 0.0570. The van der Waals surface area contributed by atoms with Crippen LogP contribution in [-0.4, -0.2) is 12.6 Å². The smallest absolute Gasteiger partial charge is 0.314 e. The maximum Gasteiger partial charge on any atom is 0.419 e. The van der Waals surface area contributed by atoms with Gasteiger partial charge in [-0.1, -0.05) is 12.1 Å². The van der Waals surface area contributed by atoms with Gasteiger partial charge in [-0.2, -0.15) is 13.2 Å². The van der Waals surface area contributed by atoms with Crippen molar-refractivity contribution in [2.45, 2.75) is 38.4 Å². The molecule has 1 saturated carbocycles. The second-order valence-electron chi connectivity index (χ2n) is 5.10. The first-order valence-electron chi connectivity index (χ1n) is 6.65. The fraction of sp³-hybridized carbons (Fsp3) is 0.467. The zero-order valence-electron chi connectivity index (χ0n) is 11.2. The standard InChI is InChI=1S/C15H17F4N/c1-10(3-2-8-20-12-5-6-12)11-4-7-13(14(16)9-11)15(17,18)19/h3-4,7,9,12,20H,2,5-6,8H2,1H3/b10-3-. The molecule has 0 saturated heterocycles. The molecule has 1 N–H and O–H groups in total. The van der Waals surface area contributed by atoms with Crippen molar-refractivity contribution in [2.75, 3.05) is 6.54 Å². The summed E-state index contributed by atoms with van der Waals surface area (Å²) in [6.07, 6.45) is 0.483. The molecule has 2 rings (SSSR count). The van der Waals surface area contributed by atoms with Crippen LogP contribution in [0.1, 0.15) is 37.3 Å². The molecule has 0 amide bonds. The van der Waals surface area contributed by atoms with Crippen LogP contribution in [0, 0.1) is 5.82 Å². The van der Waals surface area contributed by atoms with Crippen molar-refractivity contribution in [2.24, 2.45) is 0 Å². The molecule has 1 aliphatic carbocycles. The molecule has 1 aromatic rings. The average molecular weight is 287 g/mol. The number of hydrogen-bond acceptors (Lipinski definition) is 1. The third-order valence-electron chi connectivity index (χ3n) is 3.34. The fourth-order valence-corrected chi connectivity index (χ4v) is 1.97. The van der Waals surface area contributed by atoms with Gasteiger partial charge in [0, 0.05) is 6.04 Å². The van der Waals surface area contributed by atoms with Crippen molar-refractivity contribution in [3.05, 3.63) is 41.2 Å². The second kappa shape index (κ2) is 5.95. The molecule has 1 nitrogen and oxygen atoms in total. The molecule has 0 spiro atoms. The Morgan fingerprint density at radius 1 is 1.35 bits per heavy atom. The van der Waals surface area contributed by atoms with Crippen molar-refractivity contribution in [1.29, 1.82) is 0 Å². The lowest BCUT2D eigenvalue weighted by Gasteiger charge is -2.10. The van der Waals surface area contributed by atoms with Gasteiger partial charge < -0.3 is 5.32 Å². The number of benzene rings is 1. The van der Waals surface area contributed by atoms with E-state index < -0.39 is 17.6 Å². The molecule has 0 unspecified atom stereocenters. The molecule has 110 valence electrons. The van der Waals surface area contributed by atoms with Crippen LogP contribution in [0.25, 0.3) is 5.57 Å². The molecule has 1 aromatic carbocycles. The van der Waals surface area contributed by atoms with Crippen molar-refractivity contribution in [3.8, 4) is 0 Å². The minimum Gasteiger partial charge on any atom is -0.314 e. The van der Waals surface area contributed by atoms with Gasteiger partial charge in [0.25, 0.3) is 0 Å². The largest absolute Gasteiger partial charge is 0.419 e. The minimum absolute atomic E-state index is 0.488. The van der Waals surface area contributed by atoms with Crippen LogP contribution in [0.2, 0.25) is 0 Å². The molecule has 0 aliphatic heterocycles. The van der Waals surface area contributed by atoms with E-state index in [0.29, 0.717) is 11.6 Å². The number of halogens is 4. The van der Waals surface area contributed by atoms with Gasteiger partial charge in [-0.15, -0.1) is 0 Å². The lowest BCUT2D eigenvalue weighted by Crippen LogP contribution is -2.16. The van der Waals surface area contributed by atoms with Gasteiger partial charge in [0.1, 0.15) is 5.82 Å². The third-order valence-corrected chi connectivity index (χ3v) is 3.34. The number of alkyl halides is 3. The van der Waals surface area contributed by atoms with E-state index in [1.165, 1.54) is 18.9 Å². The van der Waals surface area contributed by atoms with Crippen molar-refractivity contribution < 1.29 is 17.6 Å². The summed E-state index contributed by atoms with van der Waals surface area (Å²) >= 11 is 0. The van der Waals surface area contributed by atoms with Crippen LogP contribution in [0.15, 0.2) is 24.3 Å². The number of rotatable bonds is 5. The molecule has 0 heterocycles. The molecular formula is C15H17F4N. The van der Waals surface area contributed by atoms with Crippen molar-refractivity contribution >= 4 is 5.57 Å². The van der Waals surface area contributed by atoms with E-state index in [4.69, 9.17) is 0 Å². The van der Waals surface area contributed by atoms with E-state index >= 15 is 0 Å². The highest BCUT2D eigenvalue weighted by Gasteiger charge is 2.33. The topological polar surface area (TPSA) is 12.0 Å². The molecule has 0 atom stereocenters. The van der Waals surface area contributed by atoms with Gasteiger partial charge in [-0.05, 0) is 56.0 Å². The first-order valence-corrected chi connectivity index (χ1v) is 6.65. The summed E-state index contributed by atoms with van der Waals surface area (Å²) in [7, 11) is 0. The first kappa shape index (κ1) is 15.0. The molecule has 5 heteroatoms. The van der Waals surface area contributed by atoms with E-state index in [-0.39, 0.29) is 0 Å². The molecule has 1 aliphatic rings. The second-order valence-corrected chi connectivity index (χ2v) is 5.10. The van der Waals surface area contributed by atoms with Crippen LogP contribution in [0.4, 0.5) is 17.6 Å². The maximum absolute atomic E-state index is 13.4. The Balaban J connectivity index is 2.00. The normalized spacial score (nSPS) is 16.6. The summed E-state index contributed by atoms with van der Waals surface area (Å²) in [6, 6.07) is 3.69. The summed E-state index contributed by atoms with van der Waals surface area (Å²) in [4.78, 5) is 0. The highest BCUT2D eigenvalue weighted by atomic mass is 19.4. The van der Waals surface area contributed by atoms with Gasteiger partial charge in [0.15, 0.2) is 0 Å². The summed E-state index contributed by atoms with van der Waals surface area (Å²) in [5, 5.41) is 3.34. The van der Waals surface area contributed by atoms with Crippen LogP contribution in [0.5, 0.6) is 0 Å². The highest BCUT2D eigenvalue weighted by Crippen LogP contribution is 2.32. The predicted octanol–water partition coefficient (Wildman–Crippen LogP) is 4.39. The van der Waals surface area contributed by atoms with Gasteiger partial charge in [0.2, 0.25) is 0 Å². The van der Waals surface area contributed by atoms with Gasteiger partial charge in [-0.25, -0.2) is 4.39 Å². The number of hydrogen-bond donors (Lipinski definition) is 1. The molecule has 0 bridgehead atoms. The van der Waals surface area contributed by atoms with E-state index in [1.807, 2.05) is 6.08 Å². The van der Waals surface area contributed by atoms with E-state index in [9.17, 15) is 17.6 Å².